The van der Waals surface area contributed by atoms with E-state index in [0.717, 1.165) is 0 Å². The summed E-state index contributed by atoms with van der Waals surface area (Å²) in [6, 6.07) is 3.94. The van der Waals surface area contributed by atoms with Gasteiger partial charge in [0.25, 0.3) is 0 Å². The summed E-state index contributed by atoms with van der Waals surface area (Å²) in [4.78, 5) is 12.1. The maximum Gasteiger partial charge on any atom is 0.160 e. The van der Waals surface area contributed by atoms with E-state index in [9.17, 15) is 17.6 Å². The number of sulfone groups is 1. The summed E-state index contributed by atoms with van der Waals surface area (Å²) in [5, 5.41) is -0.657. The van der Waals surface area contributed by atoms with E-state index in [1.54, 1.807) is 0 Å². The van der Waals surface area contributed by atoms with Gasteiger partial charge in [0, 0.05) is 11.4 Å². The van der Waals surface area contributed by atoms with E-state index in [-0.39, 0.29) is 17.7 Å². The Hall–Kier alpha value is -0.940. The number of carbonyl (C=O) groups is 1. The normalized spacial score (nSPS) is 22.1. The third kappa shape index (κ3) is 3.34. The largest absolute Gasteiger partial charge is 0.298 e. The third-order valence-corrected chi connectivity index (χ3v) is 5.77. The molecule has 0 amide bonds. The molecule has 0 bridgehead atoms. The van der Waals surface area contributed by atoms with Gasteiger partial charge in [-0.1, -0.05) is 18.0 Å². The van der Waals surface area contributed by atoms with Crippen LogP contribution in [-0.2, 0) is 21.1 Å². The summed E-state index contributed by atoms with van der Waals surface area (Å²) in [6.45, 7) is 0. The zero-order valence-electron chi connectivity index (χ0n) is 10.2. The average Bonchev–Trinajstić information content (AvgIpc) is 2.33. The monoisotopic (exact) mass is 304 g/mol. The quantitative estimate of drug-likeness (QED) is 0.862. The summed E-state index contributed by atoms with van der Waals surface area (Å²) >= 11 is 5.75. The minimum Gasteiger partial charge on any atom is -0.298 e. The van der Waals surface area contributed by atoms with Crippen molar-refractivity contribution in [1.29, 1.82) is 0 Å². The van der Waals surface area contributed by atoms with Crippen LogP contribution < -0.4 is 0 Å². The third-order valence-electron chi connectivity index (χ3n) is 3.31. The number of hydrogen-bond acceptors (Lipinski definition) is 3. The summed E-state index contributed by atoms with van der Waals surface area (Å²) in [7, 11) is -3.37. The van der Waals surface area contributed by atoms with Crippen molar-refractivity contribution >= 4 is 27.2 Å². The minimum atomic E-state index is -3.37. The topological polar surface area (TPSA) is 51.2 Å². The maximum atomic E-state index is 13.5. The molecule has 0 radical (unpaired) electrons. The molecular weight excluding hydrogens is 291 g/mol. The van der Waals surface area contributed by atoms with Gasteiger partial charge in [0.2, 0.25) is 0 Å². The van der Waals surface area contributed by atoms with E-state index in [1.165, 1.54) is 18.2 Å². The summed E-state index contributed by atoms with van der Waals surface area (Å²) in [6.07, 6.45) is 1.42. The van der Waals surface area contributed by atoms with Crippen molar-refractivity contribution in [3.63, 3.8) is 0 Å². The highest BCUT2D eigenvalue weighted by atomic mass is 35.5. The number of rotatable bonds is 3. The van der Waals surface area contributed by atoms with Crippen LogP contribution in [0.1, 0.15) is 24.8 Å². The van der Waals surface area contributed by atoms with Gasteiger partial charge in [-0.25, -0.2) is 12.8 Å². The number of ketones is 1. The first-order valence-electron chi connectivity index (χ1n) is 6.08. The molecule has 1 aliphatic heterocycles. The first-order valence-corrected chi connectivity index (χ1v) is 8.18. The van der Waals surface area contributed by atoms with Crippen LogP contribution in [0.15, 0.2) is 18.2 Å². The first-order chi connectivity index (χ1) is 8.90. The molecule has 0 saturated carbocycles. The lowest BCUT2D eigenvalue weighted by atomic mass is 10.0. The van der Waals surface area contributed by atoms with Crippen molar-refractivity contribution in [2.24, 2.45) is 0 Å². The van der Waals surface area contributed by atoms with E-state index in [4.69, 9.17) is 11.6 Å². The minimum absolute atomic E-state index is 0.0431. The fourth-order valence-corrected chi connectivity index (χ4v) is 4.39. The van der Waals surface area contributed by atoms with Crippen LogP contribution in [0.4, 0.5) is 4.39 Å². The average molecular weight is 305 g/mol. The highest BCUT2D eigenvalue weighted by Crippen LogP contribution is 2.23. The van der Waals surface area contributed by atoms with E-state index in [0.29, 0.717) is 24.3 Å². The number of Topliss-reactive ketones (excluding diaryl/α,β-unsaturated/α-hetero) is 1. The number of halogens is 2. The summed E-state index contributed by atoms with van der Waals surface area (Å²) in [5.74, 6) is -0.937. The van der Waals surface area contributed by atoms with Crippen molar-refractivity contribution in [3.05, 3.63) is 34.6 Å². The van der Waals surface area contributed by atoms with Crippen LogP contribution in [0.25, 0.3) is 0 Å². The van der Waals surface area contributed by atoms with Gasteiger partial charge in [0.05, 0.1) is 5.75 Å². The van der Waals surface area contributed by atoms with Crippen LogP contribution in [0, 0.1) is 5.82 Å². The standard InChI is InChI=1S/C13H14ClFO3S/c14-10-4-5-11(15)9(7-10)8-12(16)13-3-1-2-6-19(13,17)18/h4-5,7,13H,1-3,6,8H2. The first kappa shape index (κ1) is 14.5. The van der Waals surface area contributed by atoms with Gasteiger partial charge < -0.3 is 0 Å². The van der Waals surface area contributed by atoms with Gasteiger partial charge in [-0.05, 0) is 36.6 Å². The number of hydrogen-bond donors (Lipinski definition) is 0. The second-order valence-corrected chi connectivity index (χ2v) is 7.47. The number of benzene rings is 1. The molecule has 1 heterocycles. The Kier molecular flexibility index (Phi) is 4.26. The highest BCUT2D eigenvalue weighted by molar-refractivity contribution is 7.92. The van der Waals surface area contributed by atoms with Crippen LogP contribution in [0.3, 0.4) is 0 Å². The second-order valence-electron chi connectivity index (χ2n) is 4.73. The maximum absolute atomic E-state index is 13.5. The molecule has 19 heavy (non-hydrogen) atoms. The van der Waals surface area contributed by atoms with Gasteiger partial charge in [-0.3, -0.25) is 4.79 Å². The molecule has 0 aromatic heterocycles. The SMILES string of the molecule is O=C(Cc1cc(Cl)ccc1F)C1CCCCS1(=O)=O. The fraction of sp³-hybridized carbons (Fsp3) is 0.462. The van der Waals surface area contributed by atoms with E-state index < -0.39 is 26.7 Å². The molecule has 1 fully saturated rings. The lowest BCUT2D eigenvalue weighted by Gasteiger charge is -2.21. The smallest absolute Gasteiger partial charge is 0.160 e. The molecule has 0 N–H and O–H groups in total. The zero-order valence-corrected chi connectivity index (χ0v) is 11.8. The molecule has 6 heteroatoms. The molecule has 1 aromatic carbocycles. The molecule has 1 aromatic rings. The van der Waals surface area contributed by atoms with Crippen molar-refractivity contribution in [1.82, 2.24) is 0 Å². The molecule has 0 spiro atoms. The summed E-state index contributed by atoms with van der Waals surface area (Å²) in [5.41, 5.74) is 0.151. The molecule has 2 rings (SSSR count). The Morgan fingerprint density at radius 2 is 2.11 bits per heavy atom. The lowest BCUT2D eigenvalue weighted by Crippen LogP contribution is -2.36. The van der Waals surface area contributed by atoms with Gasteiger partial charge in [0.1, 0.15) is 11.1 Å². The molecule has 0 aliphatic carbocycles. The molecule has 1 aliphatic rings. The lowest BCUT2D eigenvalue weighted by molar-refractivity contribution is -0.118. The molecule has 1 unspecified atom stereocenters. The van der Waals surface area contributed by atoms with Crippen molar-refractivity contribution in [3.8, 4) is 0 Å². The molecule has 3 nitrogen and oxygen atoms in total. The van der Waals surface area contributed by atoms with E-state index >= 15 is 0 Å². The predicted molar refractivity (Wildman–Crippen MR) is 71.5 cm³/mol. The van der Waals surface area contributed by atoms with Gasteiger partial charge in [-0.2, -0.15) is 0 Å². The Labute approximate surface area is 116 Å². The highest BCUT2D eigenvalue weighted by Gasteiger charge is 2.34. The Bertz CT molecular complexity index is 598. The van der Waals surface area contributed by atoms with E-state index in [1.807, 2.05) is 0 Å². The molecule has 104 valence electrons. The van der Waals surface area contributed by atoms with Crippen molar-refractivity contribution < 1.29 is 17.6 Å². The number of carbonyl (C=O) groups excluding carboxylic acids is 1. The Morgan fingerprint density at radius 1 is 1.37 bits per heavy atom. The molecular formula is C13H14ClFO3S. The molecule has 1 saturated heterocycles. The predicted octanol–water partition coefficient (Wildman–Crippen LogP) is 2.56. The fourth-order valence-electron chi connectivity index (χ4n) is 2.30. The van der Waals surface area contributed by atoms with Crippen LogP contribution in [0.2, 0.25) is 5.02 Å². The van der Waals surface area contributed by atoms with Gasteiger partial charge in [0.15, 0.2) is 15.6 Å². The van der Waals surface area contributed by atoms with Crippen LogP contribution >= 0.6 is 11.6 Å². The van der Waals surface area contributed by atoms with Crippen LogP contribution in [0.5, 0.6) is 0 Å². The van der Waals surface area contributed by atoms with Crippen molar-refractivity contribution in [2.75, 3.05) is 5.75 Å². The van der Waals surface area contributed by atoms with Gasteiger partial charge >= 0.3 is 0 Å². The second kappa shape index (κ2) is 5.59. The molecule has 1 atom stereocenters. The Balaban J connectivity index is 2.19. The van der Waals surface area contributed by atoms with Crippen molar-refractivity contribution in [2.45, 2.75) is 30.9 Å². The van der Waals surface area contributed by atoms with Crippen LogP contribution in [-0.4, -0.2) is 25.2 Å². The van der Waals surface area contributed by atoms with Gasteiger partial charge in [-0.15, -0.1) is 0 Å². The summed E-state index contributed by atoms with van der Waals surface area (Å²) < 4.78 is 37.2. The Morgan fingerprint density at radius 3 is 2.79 bits per heavy atom. The van der Waals surface area contributed by atoms with E-state index in [2.05, 4.69) is 0 Å². The zero-order chi connectivity index (χ0) is 14.0.